The van der Waals surface area contributed by atoms with E-state index in [1.165, 1.54) is 14.0 Å². The summed E-state index contributed by atoms with van der Waals surface area (Å²) in [6, 6.07) is 10.8. The van der Waals surface area contributed by atoms with Crippen LogP contribution in [0.4, 0.5) is 0 Å². The van der Waals surface area contributed by atoms with Gasteiger partial charge >= 0.3 is 5.97 Å². The standard InChI is InChI=1S/C20H22O5/c1-13-5-6-14(2)19(9-13)24-12-20(22)25-11-17-10-16(15(3)21)7-8-18(17)23-4/h5-10H,11-12H2,1-4H3. The van der Waals surface area contributed by atoms with Gasteiger partial charge in [-0.2, -0.15) is 0 Å². The third-order valence-corrected chi connectivity index (χ3v) is 3.76. The number of hydrogen-bond donors (Lipinski definition) is 0. The van der Waals surface area contributed by atoms with Crippen molar-refractivity contribution in [2.45, 2.75) is 27.4 Å². The third-order valence-electron chi connectivity index (χ3n) is 3.76. The van der Waals surface area contributed by atoms with Crippen molar-refractivity contribution < 1.29 is 23.8 Å². The van der Waals surface area contributed by atoms with Crippen LogP contribution in [-0.4, -0.2) is 25.5 Å². The summed E-state index contributed by atoms with van der Waals surface area (Å²) >= 11 is 0. The zero-order valence-electron chi connectivity index (χ0n) is 14.9. The lowest BCUT2D eigenvalue weighted by molar-refractivity contribution is -0.147. The second kappa shape index (κ2) is 8.33. The molecule has 25 heavy (non-hydrogen) atoms. The van der Waals surface area contributed by atoms with Crippen molar-refractivity contribution in [3.63, 3.8) is 0 Å². The van der Waals surface area contributed by atoms with Crippen LogP contribution in [0.2, 0.25) is 0 Å². The summed E-state index contributed by atoms with van der Waals surface area (Å²) in [5.74, 6) is 0.672. The van der Waals surface area contributed by atoms with E-state index in [0.29, 0.717) is 22.6 Å². The molecule has 0 aliphatic rings. The molecule has 5 heteroatoms. The van der Waals surface area contributed by atoms with Gasteiger partial charge in [-0.3, -0.25) is 4.79 Å². The molecule has 0 heterocycles. The van der Waals surface area contributed by atoms with Crippen molar-refractivity contribution >= 4 is 11.8 Å². The smallest absolute Gasteiger partial charge is 0.344 e. The molecule has 0 saturated heterocycles. The number of carbonyl (C=O) groups excluding carboxylic acids is 2. The first-order chi connectivity index (χ1) is 11.9. The third kappa shape index (κ3) is 5.08. The van der Waals surface area contributed by atoms with Crippen molar-refractivity contribution in [1.82, 2.24) is 0 Å². The molecule has 0 N–H and O–H groups in total. The summed E-state index contributed by atoms with van der Waals surface area (Å²) in [6.07, 6.45) is 0. The normalized spacial score (nSPS) is 10.2. The molecule has 2 rings (SSSR count). The zero-order valence-corrected chi connectivity index (χ0v) is 14.9. The molecule has 0 fully saturated rings. The van der Waals surface area contributed by atoms with Crippen LogP contribution in [0.15, 0.2) is 36.4 Å². The Kier molecular flexibility index (Phi) is 6.17. The Morgan fingerprint density at radius 3 is 2.44 bits per heavy atom. The minimum Gasteiger partial charge on any atom is -0.496 e. The van der Waals surface area contributed by atoms with Crippen molar-refractivity contribution in [2.24, 2.45) is 0 Å². The van der Waals surface area contributed by atoms with Crippen LogP contribution in [0.5, 0.6) is 11.5 Å². The van der Waals surface area contributed by atoms with E-state index < -0.39 is 5.97 Å². The number of carbonyl (C=O) groups is 2. The van der Waals surface area contributed by atoms with Crippen LogP contribution >= 0.6 is 0 Å². The molecule has 5 nitrogen and oxygen atoms in total. The van der Waals surface area contributed by atoms with Crippen molar-refractivity contribution in [3.8, 4) is 11.5 Å². The minimum atomic E-state index is -0.490. The molecule has 0 saturated carbocycles. The van der Waals surface area contributed by atoms with E-state index in [0.717, 1.165) is 11.1 Å². The highest BCUT2D eigenvalue weighted by Crippen LogP contribution is 2.22. The Hall–Kier alpha value is -2.82. The fourth-order valence-electron chi connectivity index (χ4n) is 2.31. The molecule has 0 radical (unpaired) electrons. The first-order valence-corrected chi connectivity index (χ1v) is 7.94. The maximum atomic E-state index is 11.9. The number of methoxy groups -OCH3 is 1. The van der Waals surface area contributed by atoms with Gasteiger partial charge in [0.2, 0.25) is 0 Å². The lowest BCUT2D eigenvalue weighted by Crippen LogP contribution is -2.15. The highest BCUT2D eigenvalue weighted by Gasteiger charge is 2.11. The summed E-state index contributed by atoms with van der Waals surface area (Å²) in [6.45, 7) is 5.19. The van der Waals surface area contributed by atoms with E-state index in [1.807, 2.05) is 32.0 Å². The number of esters is 1. The Morgan fingerprint density at radius 1 is 1.00 bits per heavy atom. The minimum absolute atomic E-state index is 0.0132. The van der Waals surface area contributed by atoms with Crippen molar-refractivity contribution in [2.75, 3.05) is 13.7 Å². The van der Waals surface area contributed by atoms with Crippen LogP contribution < -0.4 is 9.47 Å². The van der Waals surface area contributed by atoms with Crippen molar-refractivity contribution in [3.05, 3.63) is 58.7 Å². The summed E-state index contributed by atoms with van der Waals surface area (Å²) in [7, 11) is 1.53. The first-order valence-electron chi connectivity index (χ1n) is 7.94. The lowest BCUT2D eigenvalue weighted by atomic mass is 10.1. The van der Waals surface area contributed by atoms with Crippen LogP contribution in [0.25, 0.3) is 0 Å². The fourth-order valence-corrected chi connectivity index (χ4v) is 2.31. The van der Waals surface area contributed by atoms with Gasteiger partial charge in [-0.05, 0) is 56.2 Å². The van der Waals surface area contributed by atoms with E-state index in [2.05, 4.69) is 0 Å². The van der Waals surface area contributed by atoms with E-state index in [-0.39, 0.29) is 19.0 Å². The predicted molar refractivity (Wildman–Crippen MR) is 94.2 cm³/mol. The molecule has 0 atom stereocenters. The summed E-state index contributed by atoms with van der Waals surface area (Å²) in [5.41, 5.74) is 3.18. The second-order valence-corrected chi connectivity index (χ2v) is 5.80. The molecular weight excluding hydrogens is 320 g/mol. The van der Waals surface area contributed by atoms with Crippen molar-refractivity contribution in [1.29, 1.82) is 0 Å². The number of benzene rings is 2. The van der Waals surface area contributed by atoms with Gasteiger partial charge in [0.1, 0.15) is 18.1 Å². The molecule has 0 aliphatic carbocycles. The number of ketones is 1. The zero-order chi connectivity index (χ0) is 18.4. The van der Waals surface area contributed by atoms with Crippen LogP contribution in [-0.2, 0) is 16.1 Å². The Labute approximate surface area is 147 Å². The molecule has 0 spiro atoms. The average molecular weight is 342 g/mol. The number of Topliss-reactive ketones (excluding diaryl/α,β-unsaturated/α-hetero) is 1. The molecule has 0 aliphatic heterocycles. The second-order valence-electron chi connectivity index (χ2n) is 5.80. The number of rotatable bonds is 7. The quantitative estimate of drug-likeness (QED) is 0.568. The summed E-state index contributed by atoms with van der Waals surface area (Å²) in [5, 5.41) is 0. The maximum Gasteiger partial charge on any atom is 0.344 e. The molecular formula is C20H22O5. The molecule has 0 unspecified atom stereocenters. The van der Waals surface area contributed by atoms with Gasteiger partial charge in [-0.25, -0.2) is 4.79 Å². The molecule has 2 aromatic rings. The van der Waals surface area contributed by atoms with Crippen LogP contribution in [0, 0.1) is 13.8 Å². The molecule has 0 aromatic heterocycles. The average Bonchev–Trinajstić information content (AvgIpc) is 2.60. The van der Waals surface area contributed by atoms with Gasteiger partial charge in [0, 0.05) is 11.1 Å². The predicted octanol–water partition coefficient (Wildman–Crippen LogP) is 3.64. The maximum absolute atomic E-state index is 11.9. The Bertz CT molecular complexity index is 780. The van der Waals surface area contributed by atoms with Gasteiger partial charge in [0.25, 0.3) is 0 Å². The van der Waals surface area contributed by atoms with Gasteiger partial charge in [0.05, 0.1) is 7.11 Å². The SMILES string of the molecule is COc1ccc(C(C)=O)cc1COC(=O)COc1cc(C)ccc1C. The summed E-state index contributed by atoms with van der Waals surface area (Å²) < 4.78 is 16.0. The first kappa shape index (κ1) is 18.5. The van der Waals surface area contributed by atoms with E-state index >= 15 is 0 Å². The summed E-state index contributed by atoms with van der Waals surface area (Å²) in [4.78, 5) is 23.4. The van der Waals surface area contributed by atoms with Crippen LogP contribution in [0.1, 0.15) is 34.0 Å². The largest absolute Gasteiger partial charge is 0.496 e. The van der Waals surface area contributed by atoms with Gasteiger partial charge < -0.3 is 14.2 Å². The molecule has 2 aromatic carbocycles. The Balaban J connectivity index is 1.96. The van der Waals surface area contributed by atoms with Crippen LogP contribution in [0.3, 0.4) is 0 Å². The molecule has 0 amide bonds. The van der Waals surface area contributed by atoms with E-state index in [4.69, 9.17) is 14.2 Å². The topological polar surface area (TPSA) is 61.8 Å². The number of hydrogen-bond acceptors (Lipinski definition) is 5. The monoisotopic (exact) mass is 342 g/mol. The molecule has 132 valence electrons. The molecule has 0 bridgehead atoms. The van der Waals surface area contributed by atoms with E-state index in [1.54, 1.807) is 18.2 Å². The highest BCUT2D eigenvalue weighted by molar-refractivity contribution is 5.94. The highest BCUT2D eigenvalue weighted by atomic mass is 16.6. The van der Waals surface area contributed by atoms with E-state index in [9.17, 15) is 9.59 Å². The Morgan fingerprint density at radius 2 is 1.76 bits per heavy atom. The van der Waals surface area contributed by atoms with Gasteiger partial charge in [0.15, 0.2) is 12.4 Å². The number of ether oxygens (including phenoxy) is 3. The van der Waals surface area contributed by atoms with Gasteiger partial charge in [-0.15, -0.1) is 0 Å². The van der Waals surface area contributed by atoms with Gasteiger partial charge in [-0.1, -0.05) is 12.1 Å². The number of aryl methyl sites for hydroxylation is 2. The fraction of sp³-hybridized carbons (Fsp3) is 0.300. The lowest BCUT2D eigenvalue weighted by Gasteiger charge is -2.12.